The number of aryl methyl sites for hydroxylation is 1. The SMILES string of the molecule is CN/C(N)=C/C1=C(N)CCCc2ccccc21. The van der Waals surface area contributed by atoms with Gasteiger partial charge in [-0.2, -0.15) is 0 Å². The molecule has 0 amide bonds. The molecule has 3 heteroatoms. The van der Waals surface area contributed by atoms with Gasteiger partial charge in [0.1, 0.15) is 0 Å². The molecule has 1 aromatic rings. The Hall–Kier alpha value is -1.90. The largest absolute Gasteiger partial charge is 0.402 e. The van der Waals surface area contributed by atoms with Gasteiger partial charge in [0.05, 0.1) is 5.82 Å². The third kappa shape index (κ3) is 2.44. The lowest BCUT2D eigenvalue weighted by molar-refractivity contribution is 0.816. The maximum absolute atomic E-state index is 6.15. The smallest absolute Gasteiger partial charge is 0.0964 e. The molecule has 1 aliphatic rings. The number of hydrogen-bond donors (Lipinski definition) is 3. The van der Waals surface area contributed by atoms with Gasteiger partial charge in [-0.3, -0.25) is 0 Å². The first-order valence-electron chi connectivity index (χ1n) is 5.94. The van der Waals surface area contributed by atoms with Crippen molar-refractivity contribution in [3.63, 3.8) is 0 Å². The lowest BCUT2D eigenvalue weighted by atomic mass is 9.98. The predicted molar refractivity (Wildman–Crippen MR) is 71.8 cm³/mol. The van der Waals surface area contributed by atoms with Crippen molar-refractivity contribution in [2.24, 2.45) is 11.5 Å². The minimum atomic E-state index is 0.639. The van der Waals surface area contributed by atoms with E-state index in [1.165, 1.54) is 11.1 Å². The molecule has 1 aromatic carbocycles. The molecule has 3 nitrogen and oxygen atoms in total. The number of nitrogens with two attached hydrogens (primary N) is 2. The summed E-state index contributed by atoms with van der Waals surface area (Å²) in [4.78, 5) is 0. The van der Waals surface area contributed by atoms with Crippen molar-refractivity contribution in [1.82, 2.24) is 5.32 Å². The molecule has 0 atom stereocenters. The van der Waals surface area contributed by atoms with E-state index in [-0.39, 0.29) is 0 Å². The second kappa shape index (κ2) is 4.95. The van der Waals surface area contributed by atoms with Crippen molar-refractivity contribution < 1.29 is 0 Å². The van der Waals surface area contributed by atoms with E-state index in [1.54, 1.807) is 0 Å². The second-order valence-electron chi connectivity index (χ2n) is 4.30. The third-order valence-corrected chi connectivity index (χ3v) is 3.13. The number of allylic oxidation sites excluding steroid dienone is 3. The Morgan fingerprint density at radius 1 is 1.29 bits per heavy atom. The molecule has 17 heavy (non-hydrogen) atoms. The molecule has 0 heterocycles. The number of nitrogens with one attached hydrogen (secondary N) is 1. The van der Waals surface area contributed by atoms with Crippen molar-refractivity contribution in [2.75, 3.05) is 7.05 Å². The highest BCUT2D eigenvalue weighted by Gasteiger charge is 2.13. The van der Waals surface area contributed by atoms with Gasteiger partial charge in [-0.1, -0.05) is 24.3 Å². The first-order valence-corrected chi connectivity index (χ1v) is 5.94. The van der Waals surface area contributed by atoms with Crippen molar-refractivity contribution in [3.8, 4) is 0 Å². The molecule has 0 aromatic heterocycles. The Kier molecular flexibility index (Phi) is 3.38. The Balaban J connectivity index is 2.53. The van der Waals surface area contributed by atoms with Gasteiger partial charge >= 0.3 is 0 Å². The highest BCUT2D eigenvalue weighted by atomic mass is 14.9. The van der Waals surface area contributed by atoms with Gasteiger partial charge in [0.25, 0.3) is 0 Å². The number of rotatable bonds is 2. The van der Waals surface area contributed by atoms with Crippen LogP contribution in [0.2, 0.25) is 0 Å². The van der Waals surface area contributed by atoms with Crippen molar-refractivity contribution in [3.05, 3.63) is 53.0 Å². The topological polar surface area (TPSA) is 64.1 Å². The quantitative estimate of drug-likeness (QED) is 0.723. The van der Waals surface area contributed by atoms with E-state index >= 15 is 0 Å². The molecule has 0 saturated heterocycles. The highest BCUT2D eigenvalue weighted by molar-refractivity contribution is 5.79. The fraction of sp³-hybridized carbons (Fsp3) is 0.286. The zero-order valence-electron chi connectivity index (χ0n) is 10.2. The number of benzene rings is 1. The molecule has 0 radical (unpaired) electrons. The van der Waals surface area contributed by atoms with E-state index in [1.807, 2.05) is 19.2 Å². The van der Waals surface area contributed by atoms with Crippen LogP contribution in [0.1, 0.15) is 24.0 Å². The lowest BCUT2D eigenvalue weighted by Crippen LogP contribution is -2.15. The van der Waals surface area contributed by atoms with Crippen LogP contribution in [0.5, 0.6) is 0 Å². The van der Waals surface area contributed by atoms with Crippen molar-refractivity contribution >= 4 is 5.57 Å². The third-order valence-electron chi connectivity index (χ3n) is 3.13. The molecular weight excluding hydrogens is 210 g/mol. The van der Waals surface area contributed by atoms with Crippen LogP contribution in [0.4, 0.5) is 0 Å². The Labute approximate surface area is 102 Å². The summed E-state index contributed by atoms with van der Waals surface area (Å²) in [6, 6.07) is 8.39. The predicted octanol–water partition coefficient (Wildman–Crippen LogP) is 1.71. The van der Waals surface area contributed by atoms with E-state index in [0.29, 0.717) is 5.82 Å². The fourth-order valence-electron chi connectivity index (χ4n) is 2.18. The summed E-state index contributed by atoms with van der Waals surface area (Å²) in [5.41, 5.74) is 16.5. The summed E-state index contributed by atoms with van der Waals surface area (Å²) in [6.07, 6.45) is 5.03. The van der Waals surface area contributed by atoms with Crippen LogP contribution in [-0.2, 0) is 6.42 Å². The van der Waals surface area contributed by atoms with Crippen molar-refractivity contribution in [1.29, 1.82) is 0 Å². The van der Waals surface area contributed by atoms with Gasteiger partial charge < -0.3 is 16.8 Å². The van der Waals surface area contributed by atoms with E-state index in [0.717, 1.165) is 30.5 Å². The van der Waals surface area contributed by atoms with Gasteiger partial charge in [-0.05, 0) is 36.5 Å². The monoisotopic (exact) mass is 229 g/mol. The van der Waals surface area contributed by atoms with Gasteiger partial charge in [0, 0.05) is 18.3 Å². The molecule has 90 valence electrons. The number of fused-ring (bicyclic) bond motifs is 1. The molecule has 0 spiro atoms. The molecule has 1 aliphatic carbocycles. The highest BCUT2D eigenvalue weighted by Crippen LogP contribution is 2.29. The maximum Gasteiger partial charge on any atom is 0.0964 e. The molecule has 2 rings (SSSR count). The first kappa shape index (κ1) is 11.6. The van der Waals surface area contributed by atoms with Crippen LogP contribution in [0.3, 0.4) is 0 Å². The van der Waals surface area contributed by atoms with Crippen LogP contribution >= 0.6 is 0 Å². The number of hydrogen-bond acceptors (Lipinski definition) is 3. The van der Waals surface area contributed by atoms with Crippen molar-refractivity contribution in [2.45, 2.75) is 19.3 Å². The molecule has 0 fully saturated rings. The van der Waals surface area contributed by atoms with E-state index < -0.39 is 0 Å². The average Bonchev–Trinajstić information content (AvgIpc) is 2.50. The van der Waals surface area contributed by atoms with Crippen LogP contribution in [0.15, 0.2) is 41.9 Å². The zero-order valence-corrected chi connectivity index (χ0v) is 10.2. The summed E-state index contributed by atoms with van der Waals surface area (Å²) in [6.45, 7) is 0. The fourth-order valence-corrected chi connectivity index (χ4v) is 2.18. The summed E-state index contributed by atoms with van der Waals surface area (Å²) >= 11 is 0. The molecule has 5 N–H and O–H groups in total. The van der Waals surface area contributed by atoms with E-state index in [9.17, 15) is 0 Å². The Morgan fingerprint density at radius 3 is 2.82 bits per heavy atom. The minimum absolute atomic E-state index is 0.639. The van der Waals surface area contributed by atoms with E-state index in [4.69, 9.17) is 11.5 Å². The van der Waals surface area contributed by atoms with Crippen LogP contribution in [0, 0.1) is 0 Å². The van der Waals surface area contributed by atoms with Gasteiger partial charge in [0.15, 0.2) is 0 Å². The lowest BCUT2D eigenvalue weighted by Gasteiger charge is -2.10. The van der Waals surface area contributed by atoms with Crippen LogP contribution in [0.25, 0.3) is 5.57 Å². The standard InChI is InChI=1S/C14H19N3/c1-17-14(16)9-12-11-7-3-2-5-10(11)6-4-8-13(12)15/h2-3,5,7,9,17H,4,6,8,15-16H2,1H3/b14-9+. The van der Waals surface area contributed by atoms with Gasteiger partial charge in [-0.25, -0.2) is 0 Å². The summed E-state index contributed by atoms with van der Waals surface area (Å²) in [5.74, 6) is 0.639. The Morgan fingerprint density at radius 2 is 2.06 bits per heavy atom. The molecular formula is C14H19N3. The maximum atomic E-state index is 6.15. The normalized spacial score (nSPS) is 16.4. The summed E-state index contributed by atoms with van der Waals surface area (Å²) < 4.78 is 0. The minimum Gasteiger partial charge on any atom is -0.402 e. The van der Waals surface area contributed by atoms with Gasteiger partial charge in [0.2, 0.25) is 0 Å². The summed E-state index contributed by atoms with van der Waals surface area (Å²) in [7, 11) is 1.81. The molecule has 0 aliphatic heterocycles. The Bertz CT molecular complexity index is 472. The van der Waals surface area contributed by atoms with Crippen LogP contribution in [-0.4, -0.2) is 7.05 Å². The summed E-state index contributed by atoms with van der Waals surface area (Å²) in [5, 5.41) is 2.93. The van der Waals surface area contributed by atoms with Crippen LogP contribution < -0.4 is 16.8 Å². The molecule has 0 unspecified atom stereocenters. The molecule has 0 bridgehead atoms. The average molecular weight is 229 g/mol. The van der Waals surface area contributed by atoms with Gasteiger partial charge in [-0.15, -0.1) is 0 Å². The second-order valence-corrected chi connectivity index (χ2v) is 4.30. The first-order chi connectivity index (χ1) is 8.22. The zero-order chi connectivity index (χ0) is 12.3. The molecule has 0 saturated carbocycles. The van der Waals surface area contributed by atoms with E-state index in [2.05, 4.69) is 23.5 Å².